The van der Waals surface area contributed by atoms with Gasteiger partial charge in [0.05, 0.1) is 24.7 Å². The number of benzene rings is 3. The van der Waals surface area contributed by atoms with Gasteiger partial charge in [-0.15, -0.1) is 0 Å². The Labute approximate surface area is 282 Å². The van der Waals surface area contributed by atoms with Crippen LogP contribution in [0.2, 0.25) is 0 Å². The van der Waals surface area contributed by atoms with Crippen LogP contribution in [0.3, 0.4) is 0 Å². The van der Waals surface area contributed by atoms with Gasteiger partial charge >= 0.3 is 11.9 Å². The van der Waals surface area contributed by atoms with E-state index in [2.05, 4.69) is 19.6 Å². The summed E-state index contributed by atoms with van der Waals surface area (Å²) in [5.74, 6) is -0.00133. The van der Waals surface area contributed by atoms with E-state index in [1.807, 2.05) is 95.9 Å². The highest BCUT2D eigenvalue weighted by atomic mass is 16.6. The highest BCUT2D eigenvalue weighted by molar-refractivity contribution is 6.01. The van der Waals surface area contributed by atoms with E-state index >= 15 is 0 Å². The number of hydrogen-bond acceptors (Lipinski definition) is 7. The van der Waals surface area contributed by atoms with Crippen LogP contribution in [-0.2, 0) is 35.2 Å². The maximum absolute atomic E-state index is 12.8. The smallest absolute Gasteiger partial charge is 0.302 e. The number of allylic oxidation sites excluding steroid dienone is 4. The van der Waals surface area contributed by atoms with Crippen LogP contribution in [0.15, 0.2) is 110 Å². The third-order valence-electron chi connectivity index (χ3n) is 8.58. The molecular formula is C40H43NO7. The molecule has 2 aliphatic heterocycles. The standard InChI is InChI=1S/C40H43NO7/c1-5-12-31(18-17-27(2)38-23-34(47-29(4)43)22-35(48-38)26-45-28(3)42)32-19-20-36(39(21-32)46-25-30-13-8-6-9-14-30)37-24-40(44)41(37)33-15-10-7-11-16-33/h5-21,27,34-35,37-38H,1,22-26H2,2-4H3/b18-17-,31-12+/t27-,34-,35-,37-,38+/m0/s1. The Morgan fingerprint density at radius 3 is 2.40 bits per heavy atom. The van der Waals surface area contributed by atoms with Gasteiger partial charge in [0, 0.05) is 43.9 Å². The number of rotatable bonds is 13. The largest absolute Gasteiger partial charge is 0.489 e. The predicted octanol–water partition coefficient (Wildman–Crippen LogP) is 7.55. The van der Waals surface area contributed by atoms with Crippen LogP contribution in [0.25, 0.3) is 5.57 Å². The van der Waals surface area contributed by atoms with Crippen molar-refractivity contribution in [2.45, 2.75) is 71.0 Å². The molecule has 5 atom stereocenters. The summed E-state index contributed by atoms with van der Waals surface area (Å²) in [7, 11) is 0. The molecule has 0 radical (unpaired) electrons. The Bertz CT molecular complexity index is 1650. The van der Waals surface area contributed by atoms with Gasteiger partial charge in [0.1, 0.15) is 25.1 Å². The van der Waals surface area contributed by atoms with E-state index < -0.39 is 0 Å². The molecule has 250 valence electrons. The van der Waals surface area contributed by atoms with Crippen LogP contribution in [0.5, 0.6) is 5.75 Å². The predicted molar refractivity (Wildman–Crippen MR) is 185 cm³/mol. The molecule has 0 N–H and O–H groups in total. The second-order valence-corrected chi connectivity index (χ2v) is 12.2. The number of ether oxygens (including phenoxy) is 4. The molecule has 5 rings (SSSR count). The van der Waals surface area contributed by atoms with Crippen molar-refractivity contribution in [1.29, 1.82) is 0 Å². The molecule has 1 amide bonds. The Balaban J connectivity index is 1.39. The number of esters is 2. The zero-order chi connectivity index (χ0) is 34.0. The van der Waals surface area contributed by atoms with Crippen molar-refractivity contribution in [1.82, 2.24) is 0 Å². The highest BCUT2D eigenvalue weighted by Gasteiger charge is 2.40. The average molecular weight is 650 g/mol. The quantitative estimate of drug-likeness (QED) is 0.107. The molecule has 3 aromatic rings. The van der Waals surface area contributed by atoms with Crippen molar-refractivity contribution in [2.24, 2.45) is 5.92 Å². The summed E-state index contributed by atoms with van der Waals surface area (Å²) in [6.07, 6.45) is 8.23. The Morgan fingerprint density at radius 1 is 1.00 bits per heavy atom. The molecule has 0 bridgehead atoms. The normalized spacial score (nSPS) is 21.7. The zero-order valence-electron chi connectivity index (χ0n) is 27.7. The fourth-order valence-electron chi connectivity index (χ4n) is 6.18. The summed E-state index contributed by atoms with van der Waals surface area (Å²) in [6, 6.07) is 25.7. The summed E-state index contributed by atoms with van der Waals surface area (Å²) in [4.78, 5) is 37.8. The summed E-state index contributed by atoms with van der Waals surface area (Å²) in [5, 5.41) is 0. The topological polar surface area (TPSA) is 91.4 Å². The van der Waals surface area contributed by atoms with Crippen LogP contribution in [0.1, 0.15) is 62.8 Å². The fourth-order valence-corrected chi connectivity index (χ4v) is 6.18. The first-order valence-corrected chi connectivity index (χ1v) is 16.4. The third-order valence-corrected chi connectivity index (χ3v) is 8.58. The molecule has 0 saturated carbocycles. The average Bonchev–Trinajstić information content (AvgIpc) is 3.07. The number of anilines is 1. The number of hydrogen-bond donors (Lipinski definition) is 0. The molecule has 48 heavy (non-hydrogen) atoms. The van der Waals surface area contributed by atoms with Crippen LogP contribution in [0.4, 0.5) is 5.69 Å². The zero-order valence-corrected chi connectivity index (χ0v) is 27.7. The summed E-state index contributed by atoms with van der Waals surface area (Å²) < 4.78 is 23.5. The molecule has 3 aromatic carbocycles. The third kappa shape index (κ3) is 8.89. The van der Waals surface area contributed by atoms with E-state index in [4.69, 9.17) is 18.9 Å². The molecule has 0 spiro atoms. The van der Waals surface area contributed by atoms with Crippen molar-refractivity contribution in [3.8, 4) is 5.75 Å². The van der Waals surface area contributed by atoms with Crippen LogP contribution in [-0.4, -0.2) is 42.8 Å². The van der Waals surface area contributed by atoms with Gasteiger partial charge in [-0.2, -0.15) is 0 Å². The van der Waals surface area contributed by atoms with E-state index in [1.165, 1.54) is 13.8 Å². The minimum atomic E-state index is -0.383. The summed E-state index contributed by atoms with van der Waals surface area (Å²) >= 11 is 0. The minimum absolute atomic E-state index is 0.0510. The van der Waals surface area contributed by atoms with Crippen molar-refractivity contribution in [3.63, 3.8) is 0 Å². The van der Waals surface area contributed by atoms with Crippen molar-refractivity contribution in [3.05, 3.63) is 126 Å². The Kier molecular flexibility index (Phi) is 11.6. The fraction of sp³-hybridized carbons (Fsp3) is 0.325. The molecule has 2 fully saturated rings. The summed E-state index contributed by atoms with van der Waals surface area (Å²) in [5.41, 5.74) is 4.69. The number of carbonyl (C=O) groups excluding carboxylic acids is 3. The van der Waals surface area contributed by atoms with E-state index in [1.54, 1.807) is 6.08 Å². The molecule has 8 heteroatoms. The molecule has 2 saturated heterocycles. The molecule has 0 aliphatic carbocycles. The number of para-hydroxylation sites is 1. The Hall–Kier alpha value is -4.95. The first-order chi connectivity index (χ1) is 23.2. The van der Waals surface area contributed by atoms with Crippen molar-refractivity contribution in [2.75, 3.05) is 11.5 Å². The van der Waals surface area contributed by atoms with Gasteiger partial charge in [-0.25, -0.2) is 0 Å². The van der Waals surface area contributed by atoms with Crippen LogP contribution < -0.4 is 9.64 Å². The van der Waals surface area contributed by atoms with Gasteiger partial charge < -0.3 is 23.8 Å². The molecule has 2 aliphatic rings. The van der Waals surface area contributed by atoms with Crippen molar-refractivity contribution >= 4 is 29.1 Å². The van der Waals surface area contributed by atoms with Gasteiger partial charge in [-0.05, 0) is 34.9 Å². The monoisotopic (exact) mass is 649 g/mol. The molecular weight excluding hydrogens is 606 g/mol. The van der Waals surface area contributed by atoms with Crippen LogP contribution >= 0.6 is 0 Å². The molecule has 0 unspecified atom stereocenters. The lowest BCUT2D eigenvalue weighted by Crippen LogP contribution is -2.46. The number of amides is 1. The van der Waals surface area contributed by atoms with E-state index in [0.29, 0.717) is 31.6 Å². The first-order valence-electron chi connectivity index (χ1n) is 16.4. The highest BCUT2D eigenvalue weighted by Crippen LogP contribution is 2.43. The lowest BCUT2D eigenvalue weighted by molar-refractivity contribution is -0.171. The van der Waals surface area contributed by atoms with E-state index in [-0.39, 0.29) is 54.7 Å². The molecule has 2 heterocycles. The SMILES string of the molecule is C=C/C=C(\C=C/[C@H](C)[C@H]1C[C@@H](OC(C)=O)C[C@@H](COC(C)=O)O1)c1ccc([C@@H]2CC(=O)N2c2ccccc2)c(OCc2ccccc2)c1. The van der Waals surface area contributed by atoms with Gasteiger partial charge in [0.2, 0.25) is 5.91 Å². The van der Waals surface area contributed by atoms with E-state index in [0.717, 1.165) is 28.0 Å². The maximum Gasteiger partial charge on any atom is 0.302 e. The number of nitrogens with zero attached hydrogens (tertiary/aromatic N) is 1. The van der Waals surface area contributed by atoms with Gasteiger partial charge in [-0.1, -0.05) is 98.5 Å². The molecule has 0 aromatic heterocycles. The van der Waals surface area contributed by atoms with Crippen LogP contribution in [0, 0.1) is 5.92 Å². The number of carbonyl (C=O) groups is 3. The van der Waals surface area contributed by atoms with Gasteiger partial charge in [0.25, 0.3) is 0 Å². The lowest BCUT2D eigenvalue weighted by Gasteiger charge is -2.41. The second-order valence-electron chi connectivity index (χ2n) is 12.2. The van der Waals surface area contributed by atoms with Crippen molar-refractivity contribution < 1.29 is 33.3 Å². The molecule has 8 nitrogen and oxygen atoms in total. The van der Waals surface area contributed by atoms with E-state index in [9.17, 15) is 14.4 Å². The first kappa shape index (κ1) is 34.4. The second kappa shape index (κ2) is 16.2. The number of β-lactam (4-membered cyclic amide) rings is 1. The van der Waals surface area contributed by atoms with Gasteiger partial charge in [0.15, 0.2) is 0 Å². The minimum Gasteiger partial charge on any atom is -0.489 e. The lowest BCUT2D eigenvalue weighted by atomic mass is 9.89. The Morgan fingerprint density at radius 2 is 1.73 bits per heavy atom. The maximum atomic E-state index is 12.8. The van der Waals surface area contributed by atoms with Gasteiger partial charge in [-0.3, -0.25) is 14.4 Å². The summed E-state index contributed by atoms with van der Waals surface area (Å²) in [6.45, 7) is 9.24.